The molecule has 1 aliphatic rings. The molecule has 1 N–H and O–H groups in total. The number of nitrogens with zero attached hydrogens (tertiary/aromatic N) is 2. The van der Waals surface area contributed by atoms with Crippen LogP contribution >= 0.6 is 34.4 Å². The third kappa shape index (κ3) is 5.79. The van der Waals surface area contributed by atoms with Gasteiger partial charge in [-0.05, 0) is 56.9 Å². The Labute approximate surface area is 215 Å². The van der Waals surface area contributed by atoms with Crippen molar-refractivity contribution in [2.24, 2.45) is 12.0 Å². The lowest BCUT2D eigenvalue weighted by atomic mass is 10.1. The van der Waals surface area contributed by atoms with Crippen molar-refractivity contribution in [1.29, 1.82) is 0 Å². The van der Waals surface area contributed by atoms with Gasteiger partial charge in [0.2, 0.25) is 5.91 Å². The van der Waals surface area contributed by atoms with Gasteiger partial charge in [-0.3, -0.25) is 9.59 Å². The molecule has 1 aliphatic carbocycles. The van der Waals surface area contributed by atoms with E-state index in [1.165, 1.54) is 34.4 Å². The Bertz CT molecular complexity index is 1340. The highest BCUT2D eigenvalue weighted by Crippen LogP contribution is 2.39. The largest absolute Gasteiger partial charge is 0.494 e. The number of ether oxygens (including phenoxy) is 2. The van der Waals surface area contributed by atoms with Crippen LogP contribution in [0.4, 0.5) is 5.00 Å². The van der Waals surface area contributed by atoms with Crippen molar-refractivity contribution in [3.05, 3.63) is 39.0 Å². The predicted octanol–water partition coefficient (Wildman–Crippen LogP) is 4.16. The summed E-state index contributed by atoms with van der Waals surface area (Å²) in [7, 11) is 1.87. The van der Waals surface area contributed by atoms with Crippen LogP contribution in [0.2, 0.25) is 0 Å². The van der Waals surface area contributed by atoms with Crippen molar-refractivity contribution in [2.75, 3.05) is 30.0 Å². The van der Waals surface area contributed by atoms with Crippen molar-refractivity contribution >= 4 is 67.4 Å². The smallest absolute Gasteiger partial charge is 0.341 e. The fraction of sp³-hybridized carbons (Fsp3) is 0.417. The molecular formula is C24H27N3O5S3. The molecule has 0 atom stereocenters. The summed E-state index contributed by atoms with van der Waals surface area (Å²) >= 11 is 4.05. The van der Waals surface area contributed by atoms with E-state index >= 15 is 0 Å². The van der Waals surface area contributed by atoms with Crippen LogP contribution in [-0.2, 0) is 34.2 Å². The Hall–Kier alpha value is -2.63. The van der Waals surface area contributed by atoms with Crippen molar-refractivity contribution in [3.8, 4) is 5.75 Å². The number of aromatic nitrogens is 1. The first-order valence-electron chi connectivity index (χ1n) is 11.4. The molecule has 2 heterocycles. The maximum absolute atomic E-state index is 12.5. The number of rotatable bonds is 9. The minimum Gasteiger partial charge on any atom is -0.494 e. The summed E-state index contributed by atoms with van der Waals surface area (Å²) in [6.07, 6.45) is 2.74. The number of carbonyl (C=O) groups excluding carboxylic acids is 3. The minimum absolute atomic E-state index is 0.0809. The van der Waals surface area contributed by atoms with Crippen molar-refractivity contribution in [1.82, 2.24) is 4.57 Å². The Morgan fingerprint density at radius 2 is 1.97 bits per heavy atom. The summed E-state index contributed by atoms with van der Waals surface area (Å²) in [4.78, 5) is 43.4. The number of anilines is 1. The van der Waals surface area contributed by atoms with Gasteiger partial charge in [-0.15, -0.1) is 23.1 Å². The van der Waals surface area contributed by atoms with Gasteiger partial charge >= 0.3 is 5.97 Å². The number of thiazole rings is 1. The van der Waals surface area contributed by atoms with Crippen LogP contribution in [0.3, 0.4) is 0 Å². The van der Waals surface area contributed by atoms with Gasteiger partial charge in [0.15, 0.2) is 4.80 Å². The van der Waals surface area contributed by atoms with Gasteiger partial charge in [0, 0.05) is 11.9 Å². The van der Waals surface area contributed by atoms with Gasteiger partial charge in [-0.2, -0.15) is 4.99 Å². The van der Waals surface area contributed by atoms with Crippen molar-refractivity contribution in [2.45, 2.75) is 33.1 Å². The number of hydrogen-bond donors (Lipinski definition) is 1. The molecule has 11 heteroatoms. The summed E-state index contributed by atoms with van der Waals surface area (Å²) < 4.78 is 13.6. The molecule has 0 unspecified atom stereocenters. The van der Waals surface area contributed by atoms with E-state index in [4.69, 9.17) is 9.47 Å². The van der Waals surface area contributed by atoms with Crippen LogP contribution in [0.25, 0.3) is 10.2 Å². The van der Waals surface area contributed by atoms with E-state index < -0.39 is 5.97 Å². The van der Waals surface area contributed by atoms with Gasteiger partial charge in [0.05, 0.1) is 40.5 Å². The van der Waals surface area contributed by atoms with E-state index in [-0.39, 0.29) is 29.9 Å². The molecule has 2 aromatic heterocycles. The normalized spacial score (nSPS) is 13.2. The number of aryl methyl sites for hydroxylation is 2. The fourth-order valence-corrected chi connectivity index (χ4v) is 6.88. The number of hydrogen-bond acceptors (Lipinski definition) is 8. The van der Waals surface area contributed by atoms with E-state index in [2.05, 4.69) is 10.3 Å². The average Bonchev–Trinajstić information content (AvgIpc) is 3.47. The fourth-order valence-electron chi connectivity index (χ4n) is 3.92. The highest BCUT2D eigenvalue weighted by Gasteiger charge is 2.28. The molecule has 8 nitrogen and oxygen atoms in total. The quantitative estimate of drug-likeness (QED) is 0.415. The second kappa shape index (κ2) is 11.4. The first-order valence-corrected chi connectivity index (χ1v) is 14.2. The standard InChI is InChI=1S/C24H27N3O5S3/c1-4-31-14-9-10-16-18(11-14)35-24(27(16)3)26-20(29)13-33-12-19(28)25-22-21(23(30)32-5-2)15-7-6-8-17(15)34-22/h9-11H,4-8,12-13H2,1-3H3,(H,25,28). The zero-order valence-electron chi connectivity index (χ0n) is 19.8. The Morgan fingerprint density at radius 3 is 2.74 bits per heavy atom. The van der Waals surface area contributed by atoms with Gasteiger partial charge in [0.25, 0.3) is 5.91 Å². The summed E-state index contributed by atoms with van der Waals surface area (Å²) in [6.45, 7) is 4.56. The number of thiophene rings is 1. The third-order valence-electron chi connectivity index (χ3n) is 5.42. The molecule has 35 heavy (non-hydrogen) atoms. The zero-order valence-corrected chi connectivity index (χ0v) is 22.3. The number of carbonyl (C=O) groups is 3. The van der Waals surface area contributed by atoms with Gasteiger partial charge < -0.3 is 19.4 Å². The SMILES string of the molecule is CCOC(=O)c1c(NC(=O)CSCC(=O)N=c2sc3cc(OCC)ccc3n2C)sc2c1CCC2. The topological polar surface area (TPSA) is 99.0 Å². The maximum atomic E-state index is 12.5. The number of amides is 2. The second-order valence-electron chi connectivity index (χ2n) is 7.83. The van der Waals surface area contributed by atoms with E-state index in [0.29, 0.717) is 22.0 Å². The summed E-state index contributed by atoms with van der Waals surface area (Å²) in [6, 6.07) is 5.79. The molecule has 3 aromatic rings. The van der Waals surface area contributed by atoms with Crippen LogP contribution in [0.1, 0.15) is 41.1 Å². The van der Waals surface area contributed by atoms with Crippen LogP contribution in [0.15, 0.2) is 23.2 Å². The second-order valence-corrected chi connectivity index (χ2v) is 10.9. The lowest BCUT2D eigenvalue weighted by molar-refractivity contribution is -0.115. The minimum atomic E-state index is -0.395. The molecule has 2 amide bonds. The van der Waals surface area contributed by atoms with E-state index in [9.17, 15) is 14.4 Å². The molecule has 0 aliphatic heterocycles. The first kappa shape index (κ1) is 25.5. The Kier molecular flexibility index (Phi) is 8.30. The third-order valence-corrected chi connectivity index (χ3v) is 8.64. The lowest BCUT2D eigenvalue weighted by Crippen LogP contribution is -2.18. The molecular weight excluding hydrogens is 506 g/mol. The zero-order chi connectivity index (χ0) is 24.9. The molecule has 186 valence electrons. The highest BCUT2D eigenvalue weighted by atomic mass is 32.2. The molecule has 0 radical (unpaired) electrons. The van der Waals surface area contributed by atoms with E-state index in [1.807, 2.05) is 36.7 Å². The van der Waals surface area contributed by atoms with Gasteiger partial charge in [-0.1, -0.05) is 11.3 Å². The predicted molar refractivity (Wildman–Crippen MR) is 141 cm³/mol. The van der Waals surface area contributed by atoms with E-state index in [0.717, 1.165) is 45.7 Å². The van der Waals surface area contributed by atoms with Crippen LogP contribution in [0.5, 0.6) is 5.75 Å². The maximum Gasteiger partial charge on any atom is 0.341 e. The van der Waals surface area contributed by atoms with Crippen LogP contribution in [-0.4, -0.2) is 47.1 Å². The van der Waals surface area contributed by atoms with Crippen molar-refractivity contribution < 1.29 is 23.9 Å². The van der Waals surface area contributed by atoms with E-state index in [1.54, 1.807) is 6.92 Å². The number of benzene rings is 1. The van der Waals surface area contributed by atoms with Crippen LogP contribution < -0.4 is 14.9 Å². The lowest BCUT2D eigenvalue weighted by Gasteiger charge is -2.07. The number of fused-ring (bicyclic) bond motifs is 2. The molecule has 1 aromatic carbocycles. The van der Waals surface area contributed by atoms with Crippen molar-refractivity contribution in [3.63, 3.8) is 0 Å². The molecule has 0 saturated heterocycles. The molecule has 0 spiro atoms. The molecule has 0 fully saturated rings. The Morgan fingerprint density at radius 1 is 1.14 bits per heavy atom. The molecule has 4 rings (SSSR count). The van der Waals surface area contributed by atoms with Crippen LogP contribution in [0, 0.1) is 0 Å². The number of nitrogens with one attached hydrogen (secondary N) is 1. The number of esters is 1. The first-order chi connectivity index (χ1) is 16.9. The van der Waals surface area contributed by atoms with Gasteiger partial charge in [-0.25, -0.2) is 4.79 Å². The molecule has 0 bridgehead atoms. The summed E-state index contributed by atoms with van der Waals surface area (Å²) in [5.74, 6) is -0.0156. The molecule has 0 saturated carbocycles. The summed E-state index contributed by atoms with van der Waals surface area (Å²) in [5.41, 5.74) is 2.45. The van der Waals surface area contributed by atoms with Gasteiger partial charge in [0.1, 0.15) is 10.8 Å². The highest BCUT2D eigenvalue weighted by molar-refractivity contribution is 8.00. The summed E-state index contributed by atoms with van der Waals surface area (Å²) in [5, 5.41) is 3.39. The Balaban J connectivity index is 1.36. The average molecular weight is 534 g/mol. The monoisotopic (exact) mass is 533 g/mol. The number of thioether (sulfide) groups is 1.